The topological polar surface area (TPSA) is 114 Å². The number of nitrogens with one attached hydrogen (secondary N) is 2. The summed E-state index contributed by atoms with van der Waals surface area (Å²) in [4.78, 5) is 49.3. The Morgan fingerprint density at radius 1 is 1.29 bits per heavy atom. The number of hydrogen-bond donors (Lipinski definition) is 2. The van der Waals surface area contributed by atoms with E-state index in [-0.39, 0.29) is 36.4 Å². The highest BCUT2D eigenvalue weighted by Gasteiger charge is 2.34. The number of nitrogens with zero attached hydrogens (tertiary/aromatic N) is 1. The van der Waals surface area contributed by atoms with Crippen LogP contribution in [0.5, 0.6) is 0 Å². The number of carbonyl (C=O) groups excluding carboxylic acids is 4. The van der Waals surface area contributed by atoms with Crippen molar-refractivity contribution in [2.45, 2.75) is 65.0 Å². The monoisotopic (exact) mass is 415 g/mol. The normalized spacial score (nSPS) is 17.3. The third-order valence-electron chi connectivity index (χ3n) is 4.13. The predicted molar refractivity (Wildman–Crippen MR) is 105 cm³/mol. The van der Waals surface area contributed by atoms with Crippen LogP contribution in [0.2, 0.25) is 0 Å². The number of thiocarbonyl (C=S) groups is 1. The molecule has 0 spiro atoms. The van der Waals surface area contributed by atoms with Gasteiger partial charge in [0.2, 0.25) is 11.8 Å². The lowest BCUT2D eigenvalue weighted by Gasteiger charge is -2.36. The Labute approximate surface area is 170 Å². The first-order valence-electron chi connectivity index (χ1n) is 9.51. The van der Waals surface area contributed by atoms with Crippen molar-refractivity contribution in [2.75, 3.05) is 19.7 Å². The van der Waals surface area contributed by atoms with E-state index in [1.165, 1.54) is 4.90 Å². The zero-order chi connectivity index (χ0) is 21.1. The summed E-state index contributed by atoms with van der Waals surface area (Å²) in [7, 11) is 0. The first-order chi connectivity index (χ1) is 13.3. The first-order valence-corrected chi connectivity index (χ1v) is 9.92. The van der Waals surface area contributed by atoms with Crippen LogP contribution in [0, 0.1) is 0 Å². The fraction of sp³-hybridized carbons (Fsp3) is 0.722. The molecule has 0 saturated carbocycles. The van der Waals surface area contributed by atoms with Gasteiger partial charge >= 0.3 is 11.9 Å². The summed E-state index contributed by atoms with van der Waals surface area (Å²) in [5, 5.41) is 5.24. The van der Waals surface area contributed by atoms with E-state index in [4.69, 9.17) is 21.7 Å². The van der Waals surface area contributed by atoms with Gasteiger partial charge in [-0.25, -0.2) is 0 Å². The lowest BCUT2D eigenvalue weighted by Crippen LogP contribution is -2.60. The number of rotatable bonds is 9. The summed E-state index contributed by atoms with van der Waals surface area (Å²) in [5.41, 5.74) is 0. The smallest absolute Gasteiger partial charge is 0.308 e. The molecule has 1 heterocycles. The van der Waals surface area contributed by atoms with Crippen LogP contribution in [0.15, 0.2) is 0 Å². The summed E-state index contributed by atoms with van der Waals surface area (Å²) in [5.74, 6) is -1.77. The van der Waals surface area contributed by atoms with Crippen molar-refractivity contribution in [3.63, 3.8) is 0 Å². The van der Waals surface area contributed by atoms with Gasteiger partial charge in [0.15, 0.2) is 5.11 Å². The molecule has 0 aliphatic carbocycles. The minimum Gasteiger partial charge on any atom is -0.466 e. The molecule has 1 aliphatic rings. The molecule has 2 N–H and O–H groups in total. The fourth-order valence-electron chi connectivity index (χ4n) is 2.43. The second-order valence-corrected chi connectivity index (χ2v) is 6.87. The maximum Gasteiger partial charge on any atom is 0.308 e. The van der Waals surface area contributed by atoms with E-state index < -0.39 is 23.9 Å². The van der Waals surface area contributed by atoms with Crippen LogP contribution in [0.3, 0.4) is 0 Å². The van der Waals surface area contributed by atoms with Gasteiger partial charge in [-0.05, 0) is 32.0 Å². The average molecular weight is 416 g/mol. The van der Waals surface area contributed by atoms with Gasteiger partial charge in [0.05, 0.1) is 25.6 Å². The summed E-state index contributed by atoms with van der Waals surface area (Å²) in [6.45, 7) is 6.55. The van der Waals surface area contributed by atoms with Crippen molar-refractivity contribution < 1.29 is 28.7 Å². The molecular weight excluding hydrogens is 386 g/mol. The molecule has 0 bridgehead atoms. The fourth-order valence-corrected chi connectivity index (χ4v) is 2.76. The molecule has 158 valence electrons. The molecular formula is C18H29N3O6S. The molecule has 2 atom stereocenters. The second-order valence-electron chi connectivity index (χ2n) is 6.49. The van der Waals surface area contributed by atoms with E-state index >= 15 is 0 Å². The molecule has 0 aromatic heterocycles. The summed E-state index contributed by atoms with van der Waals surface area (Å²) < 4.78 is 10.1. The highest BCUT2D eigenvalue weighted by atomic mass is 32.1. The van der Waals surface area contributed by atoms with Gasteiger partial charge in [-0.15, -0.1) is 0 Å². The van der Waals surface area contributed by atoms with Crippen molar-refractivity contribution in [1.82, 2.24) is 15.5 Å². The Bertz CT molecular complexity index is 598. The van der Waals surface area contributed by atoms with Gasteiger partial charge in [-0.1, -0.05) is 13.8 Å². The maximum atomic E-state index is 12.2. The Morgan fingerprint density at radius 2 is 2.00 bits per heavy atom. The van der Waals surface area contributed by atoms with Crippen molar-refractivity contribution in [3.8, 4) is 0 Å². The van der Waals surface area contributed by atoms with E-state index in [0.29, 0.717) is 32.5 Å². The zero-order valence-electron chi connectivity index (χ0n) is 16.6. The highest BCUT2D eigenvalue weighted by Crippen LogP contribution is 2.12. The molecule has 1 fully saturated rings. The molecule has 2 unspecified atom stereocenters. The molecule has 10 heteroatoms. The van der Waals surface area contributed by atoms with Crippen LogP contribution in [0.4, 0.5) is 0 Å². The van der Waals surface area contributed by atoms with Crippen molar-refractivity contribution in [2.24, 2.45) is 0 Å². The third kappa shape index (κ3) is 8.20. The van der Waals surface area contributed by atoms with Crippen LogP contribution in [-0.2, 0) is 28.7 Å². The van der Waals surface area contributed by atoms with E-state index in [2.05, 4.69) is 10.6 Å². The number of amides is 2. The largest absolute Gasteiger partial charge is 0.466 e. The Hall–Kier alpha value is -2.23. The Morgan fingerprint density at radius 3 is 2.64 bits per heavy atom. The van der Waals surface area contributed by atoms with Crippen LogP contribution < -0.4 is 10.6 Å². The van der Waals surface area contributed by atoms with Gasteiger partial charge in [0.25, 0.3) is 0 Å². The van der Waals surface area contributed by atoms with Gasteiger partial charge < -0.3 is 25.0 Å². The minimum atomic E-state index is -0.854. The molecule has 1 saturated heterocycles. The Balaban J connectivity index is 2.59. The van der Waals surface area contributed by atoms with E-state index in [1.807, 2.05) is 13.8 Å². The second kappa shape index (κ2) is 12.3. The number of ether oxygens (including phenoxy) is 2. The lowest BCUT2D eigenvalue weighted by atomic mass is 10.1. The van der Waals surface area contributed by atoms with Crippen LogP contribution >= 0.6 is 12.2 Å². The molecule has 0 aromatic rings. The third-order valence-corrected chi connectivity index (χ3v) is 4.47. The molecule has 0 radical (unpaired) electrons. The van der Waals surface area contributed by atoms with E-state index in [9.17, 15) is 19.2 Å². The summed E-state index contributed by atoms with van der Waals surface area (Å²) in [6.07, 6.45) is 0.826. The van der Waals surface area contributed by atoms with Gasteiger partial charge in [-0.3, -0.25) is 19.2 Å². The van der Waals surface area contributed by atoms with Crippen molar-refractivity contribution in [1.29, 1.82) is 0 Å². The molecule has 2 amide bonds. The average Bonchev–Trinajstić information content (AvgIpc) is 2.65. The summed E-state index contributed by atoms with van der Waals surface area (Å²) >= 11 is 5.24. The van der Waals surface area contributed by atoms with Crippen LogP contribution in [0.25, 0.3) is 0 Å². The zero-order valence-corrected chi connectivity index (χ0v) is 17.4. The number of carbonyl (C=O) groups is 4. The quantitative estimate of drug-likeness (QED) is 0.417. The number of piperazine rings is 1. The standard InChI is InChI=1S/C18H29N3O6S/c1-4-10-26-15(23)7-6-14(22)20-18(28)21-9-8-19-17(25)13(21)11-16(24)27-12(3)5-2/h12-13H,4-11H2,1-3H3,(H,19,25)(H,20,22,28). The van der Waals surface area contributed by atoms with Crippen LogP contribution in [-0.4, -0.2) is 65.6 Å². The van der Waals surface area contributed by atoms with Crippen molar-refractivity contribution >= 4 is 41.1 Å². The number of hydrogen-bond acceptors (Lipinski definition) is 7. The molecule has 9 nitrogen and oxygen atoms in total. The van der Waals surface area contributed by atoms with Gasteiger partial charge in [0.1, 0.15) is 6.04 Å². The van der Waals surface area contributed by atoms with E-state index in [0.717, 1.165) is 0 Å². The van der Waals surface area contributed by atoms with Crippen LogP contribution in [0.1, 0.15) is 52.9 Å². The number of esters is 2. The molecule has 0 aromatic carbocycles. The van der Waals surface area contributed by atoms with Gasteiger partial charge in [0, 0.05) is 19.5 Å². The predicted octanol–water partition coefficient (Wildman–Crippen LogP) is 0.653. The SMILES string of the molecule is CCCOC(=O)CCC(=O)NC(=S)N1CCNC(=O)C1CC(=O)OC(C)CC. The summed E-state index contributed by atoms with van der Waals surface area (Å²) in [6, 6.07) is -0.854. The lowest BCUT2D eigenvalue weighted by molar-refractivity contribution is -0.151. The Kier molecular flexibility index (Phi) is 10.4. The van der Waals surface area contributed by atoms with Crippen molar-refractivity contribution in [3.05, 3.63) is 0 Å². The maximum absolute atomic E-state index is 12.2. The minimum absolute atomic E-state index is 0.0446. The molecule has 1 aliphatic heterocycles. The first kappa shape index (κ1) is 23.8. The molecule has 28 heavy (non-hydrogen) atoms. The highest BCUT2D eigenvalue weighted by molar-refractivity contribution is 7.80. The van der Waals surface area contributed by atoms with Gasteiger partial charge in [-0.2, -0.15) is 0 Å². The molecule has 1 rings (SSSR count). The van der Waals surface area contributed by atoms with E-state index in [1.54, 1.807) is 6.92 Å².